The van der Waals surface area contributed by atoms with Gasteiger partial charge in [-0.3, -0.25) is 10.2 Å². The number of carbonyl (C=O) groups is 1. The topological polar surface area (TPSA) is 55.1 Å². The van der Waals surface area contributed by atoms with E-state index in [9.17, 15) is 18.0 Å². The molecule has 0 unspecified atom stereocenters. The predicted octanol–water partition coefficient (Wildman–Crippen LogP) is 3.09. The summed E-state index contributed by atoms with van der Waals surface area (Å²) in [4.78, 5) is 11.7. The number of nitrogens with one attached hydrogen (secondary N) is 1. The standard InChI is InChI=1S/C17H13F3N2O/c18-14-7-6-12(15(19)16(14)20)11-3-1-2-9-4-5-10(8-13(9)11)17(23)22-21/h3-8H,1-2,21H2,(H,22,23). The number of hydrazine groups is 1. The Bertz CT molecular complexity index is 831. The number of fused-ring (bicyclic) bond motifs is 1. The molecular weight excluding hydrogens is 305 g/mol. The van der Waals surface area contributed by atoms with Crippen molar-refractivity contribution in [3.63, 3.8) is 0 Å². The molecule has 0 atom stereocenters. The van der Waals surface area contributed by atoms with Crippen LogP contribution in [0.15, 0.2) is 36.4 Å². The Hall–Kier alpha value is -2.60. The van der Waals surface area contributed by atoms with Crippen molar-refractivity contribution in [1.29, 1.82) is 0 Å². The number of benzene rings is 2. The Balaban J connectivity index is 2.15. The number of hydrogen-bond acceptors (Lipinski definition) is 2. The molecule has 0 aliphatic heterocycles. The van der Waals surface area contributed by atoms with E-state index < -0.39 is 23.4 Å². The van der Waals surface area contributed by atoms with Crippen molar-refractivity contribution in [1.82, 2.24) is 5.43 Å². The zero-order chi connectivity index (χ0) is 16.6. The van der Waals surface area contributed by atoms with Gasteiger partial charge in [0.05, 0.1) is 0 Å². The summed E-state index contributed by atoms with van der Waals surface area (Å²) >= 11 is 0. The molecule has 3 rings (SSSR count). The molecule has 0 aromatic heterocycles. The fraction of sp³-hybridized carbons (Fsp3) is 0.118. The molecule has 0 saturated heterocycles. The highest BCUT2D eigenvalue weighted by Gasteiger charge is 2.22. The Kier molecular flexibility index (Phi) is 3.92. The summed E-state index contributed by atoms with van der Waals surface area (Å²) in [7, 11) is 0. The van der Waals surface area contributed by atoms with Crippen molar-refractivity contribution in [3.05, 3.63) is 76.1 Å². The molecule has 1 aliphatic carbocycles. The Morgan fingerprint density at radius 2 is 1.83 bits per heavy atom. The number of rotatable bonds is 2. The fourth-order valence-electron chi connectivity index (χ4n) is 2.74. The summed E-state index contributed by atoms with van der Waals surface area (Å²) in [5.41, 5.74) is 4.26. The van der Waals surface area contributed by atoms with Crippen LogP contribution in [0.4, 0.5) is 13.2 Å². The van der Waals surface area contributed by atoms with E-state index in [1.165, 1.54) is 6.07 Å². The summed E-state index contributed by atoms with van der Waals surface area (Å²) in [5, 5.41) is 0. The average Bonchev–Trinajstić information content (AvgIpc) is 2.58. The molecule has 23 heavy (non-hydrogen) atoms. The molecule has 0 radical (unpaired) electrons. The third-order valence-electron chi connectivity index (χ3n) is 3.88. The molecule has 0 saturated carbocycles. The van der Waals surface area contributed by atoms with Crippen LogP contribution in [0, 0.1) is 17.5 Å². The maximum absolute atomic E-state index is 14.1. The van der Waals surface area contributed by atoms with E-state index in [0.29, 0.717) is 29.5 Å². The smallest absolute Gasteiger partial charge is 0.265 e. The van der Waals surface area contributed by atoms with E-state index in [1.807, 2.05) is 5.43 Å². The SMILES string of the molecule is NNC(=O)c1ccc2c(c1)C(c1ccc(F)c(F)c1F)=CCC2. The lowest BCUT2D eigenvalue weighted by atomic mass is 9.85. The van der Waals surface area contributed by atoms with Gasteiger partial charge < -0.3 is 0 Å². The maximum Gasteiger partial charge on any atom is 0.265 e. The summed E-state index contributed by atoms with van der Waals surface area (Å²) < 4.78 is 40.8. The van der Waals surface area contributed by atoms with Gasteiger partial charge in [0.2, 0.25) is 0 Å². The number of hydrogen-bond donors (Lipinski definition) is 2. The van der Waals surface area contributed by atoms with Crippen molar-refractivity contribution >= 4 is 11.5 Å². The highest BCUT2D eigenvalue weighted by atomic mass is 19.2. The number of carbonyl (C=O) groups excluding carboxylic acids is 1. The Morgan fingerprint density at radius 3 is 2.57 bits per heavy atom. The van der Waals surface area contributed by atoms with Crippen LogP contribution in [0.3, 0.4) is 0 Å². The summed E-state index contributed by atoms with van der Waals surface area (Å²) in [6.45, 7) is 0. The Morgan fingerprint density at radius 1 is 1.04 bits per heavy atom. The maximum atomic E-state index is 14.1. The number of nitrogens with two attached hydrogens (primary N) is 1. The van der Waals surface area contributed by atoms with E-state index in [4.69, 9.17) is 5.84 Å². The number of amides is 1. The van der Waals surface area contributed by atoms with Gasteiger partial charge in [0.25, 0.3) is 5.91 Å². The van der Waals surface area contributed by atoms with Crippen molar-refractivity contribution in [2.24, 2.45) is 5.84 Å². The number of allylic oxidation sites excluding steroid dienone is 1. The highest BCUT2D eigenvalue weighted by Crippen LogP contribution is 2.34. The van der Waals surface area contributed by atoms with E-state index >= 15 is 0 Å². The van der Waals surface area contributed by atoms with Crippen LogP contribution in [0.25, 0.3) is 5.57 Å². The van der Waals surface area contributed by atoms with E-state index in [1.54, 1.807) is 24.3 Å². The van der Waals surface area contributed by atoms with E-state index in [-0.39, 0.29) is 5.56 Å². The van der Waals surface area contributed by atoms with Gasteiger partial charge in [-0.05, 0) is 53.8 Å². The van der Waals surface area contributed by atoms with Gasteiger partial charge in [-0.15, -0.1) is 0 Å². The third kappa shape index (κ3) is 2.61. The first-order chi connectivity index (χ1) is 11.0. The summed E-state index contributed by atoms with van der Waals surface area (Å²) in [5.74, 6) is 0.655. The van der Waals surface area contributed by atoms with Crippen molar-refractivity contribution in [2.45, 2.75) is 12.8 Å². The second-order valence-electron chi connectivity index (χ2n) is 5.22. The number of aryl methyl sites for hydroxylation is 1. The van der Waals surface area contributed by atoms with Gasteiger partial charge in [-0.2, -0.15) is 0 Å². The zero-order valence-corrected chi connectivity index (χ0v) is 12.0. The van der Waals surface area contributed by atoms with Gasteiger partial charge in [-0.1, -0.05) is 12.1 Å². The largest absolute Gasteiger partial charge is 0.290 e. The summed E-state index contributed by atoms with van der Waals surface area (Å²) in [6, 6.07) is 7.03. The summed E-state index contributed by atoms with van der Waals surface area (Å²) in [6.07, 6.45) is 3.11. The number of halogens is 3. The quantitative estimate of drug-likeness (QED) is 0.387. The van der Waals surface area contributed by atoms with Gasteiger partial charge >= 0.3 is 0 Å². The lowest BCUT2D eigenvalue weighted by molar-refractivity contribution is 0.0953. The molecule has 1 amide bonds. The Labute approximate surface area is 130 Å². The molecule has 0 fully saturated rings. The predicted molar refractivity (Wildman–Crippen MR) is 79.8 cm³/mol. The fourth-order valence-corrected chi connectivity index (χ4v) is 2.74. The highest BCUT2D eigenvalue weighted by molar-refractivity contribution is 5.96. The average molecular weight is 318 g/mol. The van der Waals surface area contributed by atoms with Crippen molar-refractivity contribution in [2.75, 3.05) is 0 Å². The van der Waals surface area contributed by atoms with Crippen molar-refractivity contribution in [3.8, 4) is 0 Å². The first-order valence-corrected chi connectivity index (χ1v) is 7.01. The molecule has 3 N–H and O–H groups in total. The van der Waals surface area contributed by atoms with Crippen LogP contribution in [0.1, 0.15) is 33.5 Å². The van der Waals surface area contributed by atoms with Crippen LogP contribution in [0.5, 0.6) is 0 Å². The minimum absolute atomic E-state index is 0.0323. The minimum Gasteiger partial charge on any atom is -0.290 e. The number of nitrogen functional groups attached to an aromatic ring is 1. The third-order valence-corrected chi connectivity index (χ3v) is 3.88. The van der Waals surface area contributed by atoms with E-state index in [0.717, 1.165) is 11.6 Å². The molecule has 1 aliphatic rings. The molecule has 6 heteroatoms. The van der Waals surface area contributed by atoms with Gasteiger partial charge in [-0.25, -0.2) is 19.0 Å². The van der Waals surface area contributed by atoms with Crippen LogP contribution in [0.2, 0.25) is 0 Å². The minimum atomic E-state index is -1.51. The molecular formula is C17H13F3N2O. The molecule has 2 aromatic carbocycles. The monoisotopic (exact) mass is 318 g/mol. The zero-order valence-electron chi connectivity index (χ0n) is 12.0. The van der Waals surface area contributed by atoms with Crippen LogP contribution in [-0.2, 0) is 6.42 Å². The molecule has 0 heterocycles. The van der Waals surface area contributed by atoms with E-state index in [2.05, 4.69) is 0 Å². The molecule has 118 valence electrons. The first kappa shape index (κ1) is 15.3. The molecule has 0 spiro atoms. The van der Waals surface area contributed by atoms with Gasteiger partial charge in [0.15, 0.2) is 17.5 Å². The van der Waals surface area contributed by atoms with Gasteiger partial charge in [0.1, 0.15) is 0 Å². The second kappa shape index (κ2) is 5.89. The lowest BCUT2D eigenvalue weighted by Gasteiger charge is -2.19. The normalized spacial score (nSPS) is 13.3. The van der Waals surface area contributed by atoms with Gasteiger partial charge in [0, 0.05) is 11.1 Å². The molecule has 0 bridgehead atoms. The lowest BCUT2D eigenvalue weighted by Crippen LogP contribution is -2.30. The van der Waals surface area contributed by atoms with Crippen molar-refractivity contribution < 1.29 is 18.0 Å². The van der Waals surface area contributed by atoms with Crippen LogP contribution >= 0.6 is 0 Å². The van der Waals surface area contributed by atoms with Crippen LogP contribution in [-0.4, -0.2) is 5.91 Å². The molecule has 3 nitrogen and oxygen atoms in total. The first-order valence-electron chi connectivity index (χ1n) is 7.01. The van der Waals surface area contributed by atoms with Crippen LogP contribution < -0.4 is 11.3 Å². The molecule has 2 aromatic rings. The second-order valence-corrected chi connectivity index (χ2v) is 5.22.